The Balaban J connectivity index is 0.962. The fourth-order valence-electron chi connectivity index (χ4n) is 11.6. The second kappa shape index (κ2) is 25.8. The topological polar surface area (TPSA) is 256 Å². The molecule has 0 aliphatic carbocycles. The van der Waals surface area contributed by atoms with Gasteiger partial charge in [0.1, 0.15) is 24.2 Å². The van der Waals surface area contributed by atoms with E-state index in [0.29, 0.717) is 12.8 Å². The van der Waals surface area contributed by atoms with E-state index < -0.39 is 139 Å². The molecule has 4 aliphatic rings. The van der Waals surface area contributed by atoms with Crippen LogP contribution in [0.15, 0.2) is 155 Å². The van der Waals surface area contributed by atoms with Crippen molar-refractivity contribution in [2.45, 2.75) is 123 Å². The monoisotopic (exact) mass is 1160 g/mol. The predicted octanol–water partition coefficient (Wildman–Crippen LogP) is 3.19. The van der Waals surface area contributed by atoms with Gasteiger partial charge in [-0.2, -0.15) is 8.61 Å². The minimum atomic E-state index is -4.63. The van der Waals surface area contributed by atoms with E-state index in [0.717, 1.165) is 36.9 Å². The molecule has 0 spiro atoms. The van der Waals surface area contributed by atoms with Crippen molar-refractivity contribution in [3.8, 4) is 0 Å². The normalized spacial score (nSPS) is 22.7. The summed E-state index contributed by atoms with van der Waals surface area (Å²) in [7, 11) is -6.13. The van der Waals surface area contributed by atoms with Crippen molar-refractivity contribution in [2.75, 3.05) is 40.3 Å². The Bertz CT molecular complexity index is 3030. The predicted molar refractivity (Wildman–Crippen MR) is 307 cm³/mol. The Morgan fingerprint density at radius 1 is 0.463 bits per heavy atom. The second-order valence-corrected chi connectivity index (χ2v) is 25.3. The zero-order valence-corrected chi connectivity index (χ0v) is 48.0. The minimum Gasteiger partial charge on any atom is -0.343 e. The molecule has 5 aromatic rings. The van der Waals surface area contributed by atoms with Crippen LogP contribution >= 0.6 is 0 Å². The molecule has 6 amide bonds. The lowest BCUT2D eigenvalue weighted by Gasteiger charge is -2.39. The summed E-state index contributed by atoms with van der Waals surface area (Å²) in [4.78, 5) is 88.2. The van der Waals surface area contributed by atoms with Crippen molar-refractivity contribution in [1.29, 1.82) is 0 Å². The molecular weight excluding hydrogens is 1080 g/mol. The van der Waals surface area contributed by atoms with Crippen molar-refractivity contribution in [3.05, 3.63) is 168 Å². The minimum absolute atomic E-state index is 0.129. The van der Waals surface area contributed by atoms with Crippen molar-refractivity contribution >= 4 is 55.5 Å². The van der Waals surface area contributed by atoms with E-state index in [1.165, 1.54) is 28.0 Å². The van der Waals surface area contributed by atoms with Crippen LogP contribution in [0.3, 0.4) is 0 Å². The Hall–Kier alpha value is -7.34. The highest BCUT2D eigenvalue weighted by Crippen LogP contribution is 2.35. The van der Waals surface area contributed by atoms with Gasteiger partial charge >= 0.3 is 0 Å². The Kier molecular flexibility index (Phi) is 18.7. The molecule has 0 saturated carbocycles. The number of fused-ring (bicyclic) bond motifs is 2. The number of likely N-dealkylation sites (N-methyl/N-ethyl adjacent to an activating group) is 2. The first kappa shape index (κ1) is 59.3. The SMILES string of the molecule is CNC(C)C(=O)N[C@H]1CN(S(=O)(=O)c2cccc(S(=O)(=O)N3CC[C@H]4CC[C@@H](C(=O)NC(c5ccccc5)c5ccccc5)N4C(=O)[C@@H](NC(=O)C(C)NC)C3)c2)CC[C@H]2CC[C@@H](C(=O)NC(c3ccccc3)c3ccccc3)N2C1=O. The van der Waals surface area contributed by atoms with Crippen LogP contribution in [-0.4, -0.2) is 159 Å². The molecule has 0 bridgehead atoms. The highest BCUT2D eigenvalue weighted by atomic mass is 32.2. The molecule has 8 atom stereocenters. The van der Waals surface area contributed by atoms with Gasteiger partial charge in [-0.3, -0.25) is 28.8 Å². The van der Waals surface area contributed by atoms with Gasteiger partial charge in [0.25, 0.3) is 0 Å². The number of hydrogen-bond acceptors (Lipinski definition) is 12. The number of benzene rings is 5. The highest BCUT2D eigenvalue weighted by Gasteiger charge is 2.49. The van der Waals surface area contributed by atoms with Gasteiger partial charge < -0.3 is 41.7 Å². The van der Waals surface area contributed by atoms with Gasteiger partial charge in [-0.1, -0.05) is 127 Å². The number of nitrogens with one attached hydrogen (secondary N) is 6. The molecule has 4 aliphatic heterocycles. The van der Waals surface area contributed by atoms with E-state index >= 15 is 16.8 Å². The van der Waals surface area contributed by atoms with Gasteiger partial charge in [0.05, 0.1) is 34.0 Å². The van der Waals surface area contributed by atoms with E-state index in [1.54, 1.807) is 27.9 Å². The molecule has 4 fully saturated rings. The Morgan fingerprint density at radius 3 is 1.11 bits per heavy atom. The van der Waals surface area contributed by atoms with Crippen LogP contribution in [0.5, 0.6) is 0 Å². The summed E-state index contributed by atoms with van der Waals surface area (Å²) in [5.74, 6) is -3.25. The number of sulfonamides is 2. The number of rotatable bonds is 18. The van der Waals surface area contributed by atoms with E-state index in [-0.39, 0.29) is 38.8 Å². The third-order valence-corrected chi connectivity index (χ3v) is 20.1. The van der Waals surface area contributed by atoms with Gasteiger partial charge in [0.15, 0.2) is 0 Å². The molecule has 82 heavy (non-hydrogen) atoms. The van der Waals surface area contributed by atoms with Gasteiger partial charge in [-0.15, -0.1) is 0 Å². The molecule has 4 heterocycles. The van der Waals surface area contributed by atoms with Gasteiger partial charge in [0.2, 0.25) is 55.5 Å². The highest BCUT2D eigenvalue weighted by molar-refractivity contribution is 7.90. The molecule has 20 nitrogen and oxygen atoms in total. The number of amides is 6. The number of carbonyl (C=O) groups excluding carboxylic acids is 6. The zero-order valence-electron chi connectivity index (χ0n) is 46.4. The number of carbonyl (C=O) groups is 6. The maximum Gasteiger partial charge on any atom is 0.247 e. The molecule has 0 aromatic heterocycles. The first-order valence-electron chi connectivity index (χ1n) is 27.9. The maximum atomic E-state index is 15.0. The lowest BCUT2D eigenvalue weighted by atomic mass is 9.98. The Morgan fingerprint density at radius 2 is 0.793 bits per heavy atom. The summed E-state index contributed by atoms with van der Waals surface area (Å²) in [6.45, 7) is 1.80. The maximum absolute atomic E-state index is 15.0. The van der Waals surface area contributed by atoms with Crippen LogP contribution in [0.1, 0.15) is 86.7 Å². The van der Waals surface area contributed by atoms with Crippen LogP contribution < -0.4 is 31.9 Å². The molecule has 2 unspecified atom stereocenters. The van der Waals surface area contributed by atoms with E-state index in [2.05, 4.69) is 31.9 Å². The molecule has 4 saturated heterocycles. The zero-order chi connectivity index (χ0) is 58.3. The standard InChI is InChI=1S/C60H72N10O10S2/c1-39(61-3)55(71)63-49-37-67(34-32-45-28-30-51(69(45)59(49)75)57(73)65-53(41-18-9-5-10-19-41)42-20-11-6-12-21-42)81(77,78)47-26-17-27-48(36-47)82(79,80)68-35-33-46-29-31-52(70(46)60(76)50(38-68)64-56(72)40(2)62-4)58(74)66-54(43-22-13-7-14-23-43)44-24-15-8-16-25-44/h5-27,36,39-40,45-46,49-54,61-62H,28-35,37-38H2,1-4H3,(H,63,71)(H,64,72)(H,65,73)(H,66,74)/t39?,40?,45-,46-,49+,50+,51+,52+/m1/s1. The van der Waals surface area contributed by atoms with E-state index in [9.17, 15) is 28.8 Å². The third kappa shape index (κ3) is 12.8. The van der Waals surface area contributed by atoms with E-state index in [1.807, 2.05) is 121 Å². The van der Waals surface area contributed by atoms with Crippen molar-refractivity contribution in [2.24, 2.45) is 0 Å². The van der Waals surface area contributed by atoms with Gasteiger partial charge in [0, 0.05) is 38.3 Å². The molecule has 434 valence electrons. The van der Waals surface area contributed by atoms with Crippen LogP contribution in [0.4, 0.5) is 0 Å². The fraction of sp³-hybridized carbons (Fsp3) is 0.400. The quantitative estimate of drug-likeness (QED) is 0.0740. The smallest absolute Gasteiger partial charge is 0.247 e. The molecule has 22 heteroatoms. The molecular formula is C60H72N10O10S2. The largest absolute Gasteiger partial charge is 0.343 e. The fourth-order valence-corrected chi connectivity index (χ4v) is 14.7. The Labute approximate surface area is 479 Å². The summed E-state index contributed by atoms with van der Waals surface area (Å²) in [6.07, 6.45) is 1.54. The first-order chi connectivity index (χ1) is 39.4. The lowest BCUT2D eigenvalue weighted by molar-refractivity contribution is -0.144. The van der Waals surface area contributed by atoms with Crippen molar-refractivity contribution in [3.63, 3.8) is 0 Å². The van der Waals surface area contributed by atoms with Crippen LogP contribution in [0.2, 0.25) is 0 Å². The lowest BCUT2D eigenvalue weighted by Crippen LogP contribution is -2.62. The molecule has 5 aromatic carbocycles. The van der Waals surface area contributed by atoms with Crippen LogP contribution in [0, 0.1) is 0 Å². The second-order valence-electron chi connectivity index (χ2n) is 21.4. The van der Waals surface area contributed by atoms with E-state index in [4.69, 9.17) is 0 Å². The number of hydrogen-bond donors (Lipinski definition) is 6. The molecule has 9 rings (SSSR count). The van der Waals surface area contributed by atoms with Crippen molar-refractivity contribution < 1.29 is 45.6 Å². The van der Waals surface area contributed by atoms with Crippen LogP contribution in [-0.2, 0) is 48.8 Å². The molecule has 6 N–H and O–H groups in total. The van der Waals surface area contributed by atoms with Gasteiger partial charge in [-0.25, -0.2) is 16.8 Å². The summed E-state index contributed by atoms with van der Waals surface area (Å²) in [6, 6.07) is 34.0. The summed E-state index contributed by atoms with van der Waals surface area (Å²) in [5.41, 5.74) is 3.33. The molecule has 0 radical (unpaired) electrons. The van der Waals surface area contributed by atoms with Crippen molar-refractivity contribution in [1.82, 2.24) is 50.3 Å². The number of nitrogens with zero attached hydrogens (tertiary/aromatic N) is 4. The average molecular weight is 1160 g/mol. The van der Waals surface area contributed by atoms with Crippen LogP contribution in [0.25, 0.3) is 0 Å². The average Bonchev–Trinajstić information content (AvgIpc) is 4.28. The summed E-state index contributed by atoms with van der Waals surface area (Å²) < 4.78 is 62.2. The summed E-state index contributed by atoms with van der Waals surface area (Å²) >= 11 is 0. The summed E-state index contributed by atoms with van der Waals surface area (Å²) in [5, 5.41) is 17.5. The first-order valence-corrected chi connectivity index (χ1v) is 30.8. The third-order valence-electron chi connectivity index (χ3n) is 16.4. The van der Waals surface area contributed by atoms with Gasteiger partial charge in [-0.05, 0) is 107 Å².